The Balaban J connectivity index is 0.850. The summed E-state index contributed by atoms with van der Waals surface area (Å²) in [6, 6.07) is 0. The molecule has 3 fully saturated rings. The summed E-state index contributed by atoms with van der Waals surface area (Å²) in [6.07, 6.45) is -13.5. The molecule has 9 heterocycles. The summed E-state index contributed by atoms with van der Waals surface area (Å²) in [6.45, 7) is -1.87. The lowest BCUT2D eigenvalue weighted by Gasteiger charge is -2.25. The molecule has 0 saturated carbocycles. The average Bonchev–Trinajstić information content (AvgIpc) is 4.15. The minimum atomic E-state index is -6.17. The lowest BCUT2D eigenvalue weighted by molar-refractivity contribution is -0.745. The van der Waals surface area contributed by atoms with Crippen molar-refractivity contribution in [2.45, 2.75) is 74.4 Å². The molecule has 0 radical (unpaired) electrons. The van der Waals surface area contributed by atoms with E-state index in [9.17, 15) is 67.8 Å². The van der Waals surface area contributed by atoms with E-state index in [0.29, 0.717) is 0 Å². The fourth-order valence-electron chi connectivity index (χ4n) is 8.34. The number of aliphatic hydroxyl groups is 4. The van der Waals surface area contributed by atoms with E-state index in [2.05, 4.69) is 53.0 Å². The largest absolute Gasteiger partial charge is 0.490 e. The van der Waals surface area contributed by atoms with Gasteiger partial charge < -0.3 is 71.4 Å². The summed E-state index contributed by atoms with van der Waals surface area (Å²) >= 11 is 0. The van der Waals surface area contributed by atoms with Crippen molar-refractivity contribution in [1.82, 2.24) is 53.6 Å². The first-order valence-electron chi connectivity index (χ1n) is 21.1. The second-order valence-corrected chi connectivity index (χ2v) is 22.7. The number of ether oxygens (including phenoxy) is 3. The molecule has 3 saturated heterocycles. The van der Waals surface area contributed by atoms with E-state index in [-0.39, 0.29) is 51.2 Å². The number of nitrogen functional groups attached to an aromatic ring is 3. The van der Waals surface area contributed by atoms with Crippen molar-refractivity contribution in [2.75, 3.05) is 37.0 Å². The number of imidazole rings is 3. The Bertz CT molecular complexity index is 3450. The predicted octanol–water partition coefficient (Wildman–Crippen LogP) is -4.09. The number of phosphoric ester groups is 3. The van der Waals surface area contributed by atoms with Crippen molar-refractivity contribution in [1.29, 1.82) is 0 Å². The molecule has 16 N–H and O–H groups in total. The predicted molar refractivity (Wildman–Crippen MR) is 237 cm³/mol. The van der Waals surface area contributed by atoms with Gasteiger partial charge in [0.15, 0.2) is 35.2 Å². The third-order valence-corrected chi connectivity index (χ3v) is 16.9. The average molecular weight is 1130 g/mol. The SMILES string of the molecule is CC1[C@@H](OP(=O)(O)OC[C@H]2O[C@@H](n3cnc4c(=O)[nH]c(N)nc43)C(O)[C@H]2O)[C@@H](COP(=O)(O)OP(=O)(O)OP(=O)(O)OC[C@H]2O[C@@H]([n+]3cn(C)c4c(=O)[nH]c(N)nc43)C(O)[C@H]2O)O[C@H]1n1cnc2c(N)ncnc21. The molecule has 3 aliphatic heterocycles. The second kappa shape index (κ2) is 19.8. The normalized spacial score (nSPS) is 30.7. The number of nitrogens with one attached hydrogen (secondary N) is 2. The van der Waals surface area contributed by atoms with Gasteiger partial charge >= 0.3 is 36.9 Å². The molecule has 38 nitrogen and oxygen atoms in total. The highest BCUT2D eigenvalue weighted by Gasteiger charge is 2.52. The van der Waals surface area contributed by atoms with Gasteiger partial charge in [0.05, 0.1) is 39.5 Å². The maximum Gasteiger partial charge on any atom is 0.490 e. The number of rotatable bonds is 18. The van der Waals surface area contributed by atoms with Crippen LogP contribution >= 0.6 is 31.3 Å². The Morgan fingerprint density at radius 1 is 0.676 bits per heavy atom. The zero-order valence-electron chi connectivity index (χ0n) is 37.6. The fourth-order valence-corrected chi connectivity index (χ4v) is 12.9. The fraction of sp³-hybridized carbons (Fsp3) is 0.531. The molecule has 16 atom stereocenters. The summed E-state index contributed by atoms with van der Waals surface area (Å²) in [5, 5.41) is 43.1. The van der Waals surface area contributed by atoms with E-state index in [4.69, 9.17) is 45.0 Å². The quantitative estimate of drug-likeness (QED) is 0.0287. The molecule has 404 valence electrons. The molecular weight excluding hydrogens is 1090 g/mol. The molecular formula is C32H44N15O23P4+. The lowest BCUT2D eigenvalue weighted by atomic mass is 10.0. The van der Waals surface area contributed by atoms with Gasteiger partial charge in [-0.25, -0.2) is 42.8 Å². The van der Waals surface area contributed by atoms with Gasteiger partial charge in [-0.05, 0) is 0 Å². The van der Waals surface area contributed by atoms with Crippen LogP contribution in [0.1, 0.15) is 25.6 Å². The zero-order valence-corrected chi connectivity index (χ0v) is 41.1. The highest BCUT2D eigenvalue weighted by molar-refractivity contribution is 7.66. The number of fused-ring (bicyclic) bond motifs is 3. The van der Waals surface area contributed by atoms with E-state index >= 15 is 0 Å². The smallest absolute Gasteiger partial charge is 0.387 e. The molecule has 0 aromatic carbocycles. The van der Waals surface area contributed by atoms with E-state index in [1.807, 2.05) is 0 Å². The third kappa shape index (κ3) is 10.6. The highest BCUT2D eigenvalue weighted by atomic mass is 31.3. The van der Waals surface area contributed by atoms with E-state index < -0.39 is 136 Å². The second-order valence-electron chi connectivity index (χ2n) is 16.6. The number of hydrogen-bond acceptors (Lipinski definition) is 28. The summed E-state index contributed by atoms with van der Waals surface area (Å²) in [4.78, 5) is 95.6. The number of aromatic amines is 2. The van der Waals surface area contributed by atoms with Crippen LogP contribution in [0.25, 0.3) is 33.5 Å². The van der Waals surface area contributed by atoms with Gasteiger partial charge in [0.25, 0.3) is 17.1 Å². The first-order chi connectivity index (χ1) is 34.6. The zero-order chi connectivity index (χ0) is 53.6. The first-order valence-corrected chi connectivity index (χ1v) is 27.1. The number of aromatic nitrogens is 12. The van der Waals surface area contributed by atoms with Crippen LogP contribution in [0.2, 0.25) is 0 Å². The maximum absolute atomic E-state index is 13.6. The van der Waals surface area contributed by atoms with Crippen LogP contribution in [0.15, 0.2) is 34.9 Å². The van der Waals surface area contributed by atoms with Crippen LogP contribution in [0.5, 0.6) is 0 Å². The van der Waals surface area contributed by atoms with Gasteiger partial charge in [-0.15, -0.1) is 0 Å². The molecule has 9 rings (SSSR count). The molecule has 0 bridgehead atoms. The molecule has 0 amide bonds. The summed E-state index contributed by atoms with van der Waals surface area (Å²) in [5.41, 5.74) is 15.6. The van der Waals surface area contributed by atoms with E-state index in [1.165, 1.54) is 35.8 Å². The van der Waals surface area contributed by atoms with Gasteiger partial charge in [-0.2, -0.15) is 13.6 Å². The minimum Gasteiger partial charge on any atom is -0.387 e. The van der Waals surface area contributed by atoms with Crippen LogP contribution in [0.4, 0.5) is 17.7 Å². The van der Waals surface area contributed by atoms with Crippen molar-refractivity contribution in [3.63, 3.8) is 0 Å². The standard InChI is InChI=1S/C32H43N15O23P4/c1-10-21(68-71(54,55)62-3-11-17(48)19(50)29(65-11)46-8-39-15-24(46)40-31(34)42-26(15)52)13(67-28(10)45-7-38-14-22(33)36-6-37-23(14)45)5-64-73(58,59)70-74(60,61)69-72(56,57)63-4-12-18(49)20(51)30(66-12)47-9-44(2)16-25(47)41-32(35)43-27(16)53/h6-13,17-21,28-30,48-51H,3-5H2,1-2H3,(H11-,33,34,35,36,37,40,41,42,43,52,53,54,55,56,57,58,59,60,61)/p+1/t10?,11-,12-,13-,17+,18+,19?,20?,21-,28-,29-,30-/m1/s1. The van der Waals surface area contributed by atoms with Gasteiger partial charge in [-0.3, -0.25) is 51.4 Å². The summed E-state index contributed by atoms with van der Waals surface area (Å²) in [7, 11) is -21.8. The van der Waals surface area contributed by atoms with Gasteiger partial charge in [0.1, 0.15) is 66.9 Å². The van der Waals surface area contributed by atoms with Crippen molar-refractivity contribution in [3.8, 4) is 0 Å². The Labute approximate surface area is 409 Å². The molecule has 6 aromatic rings. The number of aliphatic hydroxyl groups excluding tert-OH is 4. The van der Waals surface area contributed by atoms with E-state index in [0.717, 1.165) is 21.8 Å². The Kier molecular flexibility index (Phi) is 14.4. The number of phosphoric acid groups is 4. The van der Waals surface area contributed by atoms with Gasteiger partial charge in [0.2, 0.25) is 17.7 Å². The van der Waals surface area contributed by atoms with Crippen molar-refractivity contribution < 1.29 is 104 Å². The molecule has 7 unspecified atom stereocenters. The lowest BCUT2D eigenvalue weighted by Crippen LogP contribution is -2.46. The first kappa shape index (κ1) is 53.7. The number of nitrogens with two attached hydrogens (primary N) is 3. The van der Waals surface area contributed by atoms with Crippen LogP contribution in [0, 0.1) is 5.92 Å². The molecule has 6 aromatic heterocycles. The number of nitrogens with zero attached hydrogens (tertiary/aromatic N) is 10. The van der Waals surface area contributed by atoms with Crippen molar-refractivity contribution in [2.24, 2.45) is 13.0 Å². The van der Waals surface area contributed by atoms with Gasteiger partial charge in [-0.1, -0.05) is 11.9 Å². The number of hydrogen-bond donors (Lipinski definition) is 13. The number of anilines is 3. The number of H-pyrrole nitrogens is 2. The molecule has 42 heteroatoms. The molecule has 74 heavy (non-hydrogen) atoms. The third-order valence-electron chi connectivity index (χ3n) is 11.6. The van der Waals surface area contributed by atoms with Crippen LogP contribution in [-0.4, -0.2) is 162 Å². The van der Waals surface area contributed by atoms with Crippen LogP contribution in [0.3, 0.4) is 0 Å². The Morgan fingerprint density at radius 2 is 1.23 bits per heavy atom. The van der Waals surface area contributed by atoms with Crippen molar-refractivity contribution >= 4 is 82.5 Å². The highest BCUT2D eigenvalue weighted by Crippen LogP contribution is 2.68. The molecule has 0 spiro atoms. The maximum atomic E-state index is 13.6. The summed E-state index contributed by atoms with van der Waals surface area (Å²) < 4.78 is 103. The van der Waals surface area contributed by atoms with Crippen LogP contribution in [-0.2, 0) is 66.2 Å². The monoisotopic (exact) mass is 1130 g/mol. The van der Waals surface area contributed by atoms with Crippen molar-refractivity contribution in [3.05, 3.63) is 46.0 Å². The molecule has 0 aliphatic carbocycles. The summed E-state index contributed by atoms with van der Waals surface area (Å²) in [5.74, 6) is -1.76. The van der Waals surface area contributed by atoms with Gasteiger partial charge in [0, 0.05) is 5.92 Å². The molecule has 3 aliphatic rings. The van der Waals surface area contributed by atoms with Crippen LogP contribution < -0.4 is 32.9 Å². The minimum absolute atomic E-state index is 0.0192. The topological polar surface area (TPSA) is 553 Å². The number of aryl methyl sites for hydroxylation is 1. The van der Waals surface area contributed by atoms with E-state index in [1.54, 1.807) is 0 Å². The Morgan fingerprint density at radius 3 is 1.91 bits per heavy atom. The Hall–Kier alpha value is -5.11.